The van der Waals surface area contributed by atoms with Gasteiger partial charge in [-0.15, -0.1) is 0 Å². The van der Waals surface area contributed by atoms with Gasteiger partial charge in [0.05, 0.1) is 10.6 Å². The summed E-state index contributed by atoms with van der Waals surface area (Å²) in [6.45, 7) is 9.82. The molecule has 2 nitrogen and oxygen atoms in total. The topological polar surface area (TPSA) is 21.3 Å². The highest BCUT2D eigenvalue weighted by Crippen LogP contribution is 2.22. The molecule has 0 fully saturated rings. The number of halogens is 2. The average molecular weight is 302 g/mol. The fourth-order valence-electron chi connectivity index (χ4n) is 2.26. The summed E-state index contributed by atoms with van der Waals surface area (Å²) in [7, 11) is 0. The predicted molar refractivity (Wildman–Crippen MR) is 82.9 cm³/mol. The Bertz CT molecular complexity index is 423. The highest BCUT2D eigenvalue weighted by molar-refractivity contribution is 6.30. The van der Waals surface area contributed by atoms with E-state index < -0.39 is 0 Å². The van der Waals surface area contributed by atoms with Crippen molar-refractivity contribution >= 4 is 11.6 Å². The molecule has 0 bridgehead atoms. The van der Waals surface area contributed by atoms with E-state index in [-0.39, 0.29) is 22.5 Å². The second-order valence-corrected chi connectivity index (χ2v) is 5.90. The lowest BCUT2D eigenvalue weighted by Gasteiger charge is -2.35. The Balaban J connectivity index is 2.85. The van der Waals surface area contributed by atoms with E-state index in [0.717, 1.165) is 18.5 Å². The standard InChI is InChI=1S/C16H25ClFNO/c1-5-9-19-15(16(3,4)20-6-2)11-12-7-8-13(17)14(18)10-12/h7-8,10,15,19H,5-6,9,11H2,1-4H3. The average Bonchev–Trinajstić information content (AvgIpc) is 2.38. The SMILES string of the molecule is CCCNC(Cc1ccc(Cl)c(F)c1)C(C)(C)OCC. The van der Waals surface area contributed by atoms with Crippen molar-refractivity contribution < 1.29 is 9.13 Å². The molecule has 0 aliphatic carbocycles. The summed E-state index contributed by atoms with van der Waals surface area (Å²) in [5.74, 6) is -0.368. The molecule has 0 radical (unpaired) electrons. The predicted octanol–water partition coefficient (Wildman–Crippen LogP) is 4.20. The van der Waals surface area contributed by atoms with Gasteiger partial charge >= 0.3 is 0 Å². The van der Waals surface area contributed by atoms with Crippen molar-refractivity contribution in [1.82, 2.24) is 5.32 Å². The smallest absolute Gasteiger partial charge is 0.142 e. The Hall–Kier alpha value is -0.640. The van der Waals surface area contributed by atoms with Gasteiger partial charge in [-0.05, 0) is 57.9 Å². The number of nitrogens with one attached hydrogen (secondary N) is 1. The number of ether oxygens (including phenoxy) is 1. The van der Waals surface area contributed by atoms with Crippen LogP contribution in [0, 0.1) is 5.82 Å². The maximum atomic E-state index is 13.5. The van der Waals surface area contributed by atoms with Gasteiger partial charge in [0.2, 0.25) is 0 Å². The Morgan fingerprint density at radius 2 is 2.05 bits per heavy atom. The Morgan fingerprint density at radius 3 is 2.60 bits per heavy atom. The maximum absolute atomic E-state index is 13.5. The molecule has 1 N–H and O–H groups in total. The third kappa shape index (κ3) is 5.04. The van der Waals surface area contributed by atoms with Gasteiger partial charge < -0.3 is 10.1 Å². The highest BCUT2D eigenvalue weighted by Gasteiger charge is 2.29. The van der Waals surface area contributed by atoms with Crippen LogP contribution in [0.4, 0.5) is 4.39 Å². The summed E-state index contributed by atoms with van der Waals surface area (Å²) in [6, 6.07) is 5.11. The first-order valence-electron chi connectivity index (χ1n) is 7.22. The van der Waals surface area contributed by atoms with Crippen molar-refractivity contribution in [2.45, 2.75) is 52.2 Å². The second-order valence-electron chi connectivity index (χ2n) is 5.50. The monoisotopic (exact) mass is 301 g/mol. The van der Waals surface area contributed by atoms with Crippen LogP contribution in [-0.4, -0.2) is 24.8 Å². The quantitative estimate of drug-likeness (QED) is 0.777. The van der Waals surface area contributed by atoms with Gasteiger partial charge in [0, 0.05) is 12.6 Å². The Morgan fingerprint density at radius 1 is 1.35 bits per heavy atom. The molecular weight excluding hydrogens is 277 g/mol. The van der Waals surface area contributed by atoms with Crippen LogP contribution >= 0.6 is 11.6 Å². The van der Waals surface area contributed by atoms with Crippen molar-refractivity contribution in [1.29, 1.82) is 0 Å². The summed E-state index contributed by atoms with van der Waals surface area (Å²) in [5.41, 5.74) is 0.619. The van der Waals surface area contributed by atoms with Crippen LogP contribution in [-0.2, 0) is 11.2 Å². The van der Waals surface area contributed by atoms with E-state index in [1.54, 1.807) is 6.07 Å². The molecule has 0 saturated carbocycles. The molecule has 0 amide bonds. The molecule has 1 rings (SSSR count). The Kier molecular flexibility index (Phi) is 6.93. The summed E-state index contributed by atoms with van der Waals surface area (Å²) in [5, 5.41) is 3.66. The lowest BCUT2D eigenvalue weighted by Crippen LogP contribution is -2.50. The van der Waals surface area contributed by atoms with Gasteiger partial charge in [0.1, 0.15) is 5.82 Å². The zero-order valence-corrected chi connectivity index (χ0v) is 13.6. The van der Waals surface area contributed by atoms with E-state index in [9.17, 15) is 4.39 Å². The minimum Gasteiger partial charge on any atom is -0.374 e. The summed E-state index contributed by atoms with van der Waals surface area (Å²) >= 11 is 5.73. The first-order valence-corrected chi connectivity index (χ1v) is 7.59. The molecule has 0 aliphatic rings. The van der Waals surface area contributed by atoms with Crippen molar-refractivity contribution in [3.63, 3.8) is 0 Å². The van der Waals surface area contributed by atoms with E-state index in [1.807, 2.05) is 13.0 Å². The first-order chi connectivity index (χ1) is 9.40. The highest BCUT2D eigenvalue weighted by atomic mass is 35.5. The van der Waals surface area contributed by atoms with Gasteiger partial charge in [-0.1, -0.05) is 24.6 Å². The maximum Gasteiger partial charge on any atom is 0.142 e. The van der Waals surface area contributed by atoms with Crippen molar-refractivity contribution in [2.24, 2.45) is 0 Å². The normalized spacial score (nSPS) is 13.5. The lowest BCUT2D eigenvalue weighted by atomic mass is 9.92. The fraction of sp³-hybridized carbons (Fsp3) is 0.625. The van der Waals surface area contributed by atoms with Crippen LogP contribution in [0.3, 0.4) is 0 Å². The molecule has 0 aliphatic heterocycles. The zero-order valence-electron chi connectivity index (χ0n) is 12.8. The molecule has 0 aromatic heterocycles. The van der Waals surface area contributed by atoms with Gasteiger partial charge in [0.25, 0.3) is 0 Å². The third-order valence-corrected chi connectivity index (χ3v) is 3.73. The first kappa shape index (κ1) is 17.4. The number of benzene rings is 1. The molecular formula is C16H25ClFNO. The van der Waals surface area contributed by atoms with E-state index in [1.165, 1.54) is 6.07 Å². The van der Waals surface area contributed by atoms with Crippen LogP contribution in [0.25, 0.3) is 0 Å². The largest absolute Gasteiger partial charge is 0.374 e. The second kappa shape index (κ2) is 7.96. The number of hydrogen-bond donors (Lipinski definition) is 1. The van der Waals surface area contributed by atoms with Crippen LogP contribution < -0.4 is 5.32 Å². The van der Waals surface area contributed by atoms with Crippen molar-refractivity contribution in [3.05, 3.63) is 34.6 Å². The van der Waals surface area contributed by atoms with E-state index >= 15 is 0 Å². The van der Waals surface area contributed by atoms with E-state index in [0.29, 0.717) is 13.0 Å². The molecule has 4 heteroatoms. The lowest BCUT2D eigenvalue weighted by molar-refractivity contribution is -0.0380. The Labute approximate surface area is 126 Å². The summed E-state index contributed by atoms with van der Waals surface area (Å²) in [6.07, 6.45) is 1.76. The molecule has 114 valence electrons. The van der Waals surface area contributed by atoms with Crippen LogP contribution in [0.5, 0.6) is 0 Å². The molecule has 1 aromatic carbocycles. The zero-order chi connectivity index (χ0) is 15.2. The molecule has 0 spiro atoms. The van der Waals surface area contributed by atoms with Crippen molar-refractivity contribution in [2.75, 3.05) is 13.2 Å². The van der Waals surface area contributed by atoms with Gasteiger partial charge in [0.15, 0.2) is 0 Å². The van der Waals surface area contributed by atoms with E-state index in [4.69, 9.17) is 16.3 Å². The summed E-state index contributed by atoms with van der Waals surface area (Å²) in [4.78, 5) is 0. The minimum atomic E-state index is -0.368. The fourth-order valence-corrected chi connectivity index (χ4v) is 2.37. The molecule has 20 heavy (non-hydrogen) atoms. The minimum absolute atomic E-state index is 0.128. The molecule has 1 atom stereocenters. The third-order valence-electron chi connectivity index (χ3n) is 3.42. The summed E-state index contributed by atoms with van der Waals surface area (Å²) < 4.78 is 19.4. The molecule has 0 saturated heterocycles. The molecule has 1 aromatic rings. The van der Waals surface area contributed by atoms with Gasteiger partial charge in [-0.3, -0.25) is 0 Å². The van der Waals surface area contributed by atoms with Crippen molar-refractivity contribution in [3.8, 4) is 0 Å². The van der Waals surface area contributed by atoms with Crippen LogP contribution in [0.2, 0.25) is 5.02 Å². The van der Waals surface area contributed by atoms with E-state index in [2.05, 4.69) is 26.1 Å². The van der Waals surface area contributed by atoms with Gasteiger partial charge in [-0.25, -0.2) is 4.39 Å². The molecule has 1 unspecified atom stereocenters. The van der Waals surface area contributed by atoms with Crippen LogP contribution in [0.15, 0.2) is 18.2 Å². The van der Waals surface area contributed by atoms with Gasteiger partial charge in [-0.2, -0.15) is 0 Å². The van der Waals surface area contributed by atoms with Crippen LogP contribution in [0.1, 0.15) is 39.7 Å². The number of hydrogen-bond acceptors (Lipinski definition) is 2. The number of rotatable bonds is 8. The molecule has 0 heterocycles.